The second kappa shape index (κ2) is 10.8. The van der Waals surface area contributed by atoms with Gasteiger partial charge in [0.05, 0.1) is 48.1 Å². The lowest BCUT2D eigenvalue weighted by atomic mass is 9.84. The first-order valence-corrected chi connectivity index (χ1v) is 11.6. The Balaban J connectivity index is 1.97. The maximum Gasteiger partial charge on any atom is 0.305 e. The van der Waals surface area contributed by atoms with E-state index in [1.54, 1.807) is 27.0 Å². The summed E-state index contributed by atoms with van der Waals surface area (Å²) in [4.78, 5) is 11.0. The van der Waals surface area contributed by atoms with Crippen molar-refractivity contribution in [1.29, 1.82) is 0 Å². The molecule has 2 rings (SSSR count). The molecule has 9 atom stereocenters. The molecule has 3 N–H and O–H groups in total. The van der Waals surface area contributed by atoms with Gasteiger partial charge in [0.1, 0.15) is 0 Å². The number of aliphatic carboxylic acids is 1. The van der Waals surface area contributed by atoms with Crippen molar-refractivity contribution < 1.29 is 34.3 Å². The summed E-state index contributed by atoms with van der Waals surface area (Å²) in [5.74, 6) is -0.529. The highest BCUT2D eigenvalue weighted by atomic mass is 16.6. The van der Waals surface area contributed by atoms with Crippen LogP contribution in [0.4, 0.5) is 0 Å². The Bertz CT molecular complexity index is 698. The average Bonchev–Trinajstić information content (AvgIpc) is 3.32. The molecule has 0 bridgehead atoms. The number of epoxide rings is 1. The van der Waals surface area contributed by atoms with Gasteiger partial charge in [-0.25, -0.2) is 0 Å². The average molecular weight is 455 g/mol. The van der Waals surface area contributed by atoms with Crippen LogP contribution in [0.5, 0.6) is 0 Å². The van der Waals surface area contributed by atoms with Crippen LogP contribution in [-0.2, 0) is 19.0 Å². The van der Waals surface area contributed by atoms with Gasteiger partial charge in [-0.1, -0.05) is 32.1 Å². The molecule has 0 amide bonds. The summed E-state index contributed by atoms with van der Waals surface area (Å²) in [6.45, 7) is 11.5. The monoisotopic (exact) mass is 454 g/mol. The molecule has 0 aliphatic carbocycles. The maximum atomic E-state index is 11.0. The molecule has 9 unspecified atom stereocenters. The van der Waals surface area contributed by atoms with Crippen molar-refractivity contribution in [3.63, 3.8) is 0 Å². The van der Waals surface area contributed by atoms with Crippen LogP contribution in [0.25, 0.3) is 0 Å². The highest BCUT2D eigenvalue weighted by molar-refractivity contribution is 5.67. The Labute approximate surface area is 192 Å². The first-order valence-electron chi connectivity index (χ1n) is 11.6. The van der Waals surface area contributed by atoms with Gasteiger partial charge in [0.15, 0.2) is 0 Å². The molecule has 2 fully saturated rings. The molecule has 7 heteroatoms. The smallest absolute Gasteiger partial charge is 0.305 e. The Morgan fingerprint density at radius 2 is 2.00 bits per heavy atom. The number of allylic oxidation sites excluding steroid dienone is 2. The van der Waals surface area contributed by atoms with Gasteiger partial charge in [-0.15, -0.1) is 0 Å². The summed E-state index contributed by atoms with van der Waals surface area (Å²) in [7, 11) is 1.59. The lowest BCUT2D eigenvalue weighted by molar-refractivity contribution is -0.143. The zero-order valence-electron chi connectivity index (χ0n) is 20.6. The highest BCUT2D eigenvalue weighted by Gasteiger charge is 2.58. The van der Waals surface area contributed by atoms with Gasteiger partial charge in [-0.3, -0.25) is 4.79 Å². The SMILES string of the molecule is COC(C(C)O)C(C)C1OC1(C)CC(C)(O)/C=C/C=C(\C)C1OC(CC(=O)O)CCC1C. The van der Waals surface area contributed by atoms with Crippen molar-refractivity contribution in [2.45, 2.75) is 109 Å². The van der Waals surface area contributed by atoms with Gasteiger partial charge in [0.2, 0.25) is 0 Å². The number of ether oxygens (including phenoxy) is 3. The second-order valence-electron chi connectivity index (χ2n) is 10.3. The largest absolute Gasteiger partial charge is 0.481 e. The van der Waals surface area contributed by atoms with Crippen molar-refractivity contribution in [3.05, 3.63) is 23.8 Å². The van der Waals surface area contributed by atoms with E-state index in [1.807, 2.05) is 32.9 Å². The summed E-state index contributed by atoms with van der Waals surface area (Å²) in [5.41, 5.74) is -0.541. The molecule has 0 radical (unpaired) electrons. The van der Waals surface area contributed by atoms with Gasteiger partial charge in [-0.05, 0) is 52.0 Å². The van der Waals surface area contributed by atoms with Crippen molar-refractivity contribution in [1.82, 2.24) is 0 Å². The van der Waals surface area contributed by atoms with Crippen LogP contribution in [0.1, 0.15) is 67.2 Å². The lowest BCUT2D eigenvalue weighted by Gasteiger charge is -2.35. The number of carbonyl (C=O) groups is 1. The zero-order valence-corrected chi connectivity index (χ0v) is 20.6. The quantitative estimate of drug-likeness (QED) is 0.324. The van der Waals surface area contributed by atoms with E-state index in [9.17, 15) is 15.0 Å². The molecular weight excluding hydrogens is 412 g/mol. The van der Waals surface area contributed by atoms with Crippen LogP contribution in [-0.4, -0.2) is 70.1 Å². The third kappa shape index (κ3) is 7.12. The molecule has 32 heavy (non-hydrogen) atoms. The summed E-state index contributed by atoms with van der Waals surface area (Å²) in [5, 5.41) is 29.9. The number of carboxylic acids is 1. The number of methoxy groups -OCH3 is 1. The fraction of sp³-hybridized carbons (Fsp3) is 0.800. The Kier molecular flexibility index (Phi) is 9.10. The summed E-state index contributed by atoms with van der Waals surface area (Å²) < 4.78 is 17.4. The molecule has 2 heterocycles. The van der Waals surface area contributed by atoms with E-state index in [0.717, 1.165) is 18.4 Å². The first kappa shape index (κ1) is 27.0. The van der Waals surface area contributed by atoms with E-state index >= 15 is 0 Å². The number of hydrogen-bond donors (Lipinski definition) is 3. The zero-order chi connectivity index (χ0) is 24.3. The molecule has 0 aromatic heterocycles. The molecule has 0 spiro atoms. The minimum absolute atomic E-state index is 0.00407. The molecule has 0 aromatic rings. The van der Waals surface area contributed by atoms with Gasteiger partial charge in [-0.2, -0.15) is 0 Å². The second-order valence-corrected chi connectivity index (χ2v) is 10.3. The fourth-order valence-corrected chi connectivity index (χ4v) is 5.27. The van der Waals surface area contributed by atoms with Gasteiger partial charge in [0.25, 0.3) is 0 Å². The lowest BCUT2D eigenvalue weighted by Crippen LogP contribution is -2.38. The predicted octanol–water partition coefficient (Wildman–Crippen LogP) is 3.48. The highest BCUT2D eigenvalue weighted by Crippen LogP contribution is 2.48. The van der Waals surface area contributed by atoms with Crippen LogP contribution >= 0.6 is 0 Å². The first-order chi connectivity index (χ1) is 14.8. The Hall–Kier alpha value is -1.25. The van der Waals surface area contributed by atoms with Gasteiger partial charge < -0.3 is 29.5 Å². The standard InChI is InChI=1S/C25H42O7/c1-15(21-16(2)10-11-19(31-21)13-20(27)28)9-8-12-24(5,29)14-25(6)23(32-25)17(3)22(30-7)18(4)26/h8-9,12,16-19,21-23,26,29H,10-11,13-14H2,1-7H3,(H,27,28)/b12-8+,15-9+. The normalized spacial score (nSPS) is 35.8. The van der Waals surface area contributed by atoms with Gasteiger partial charge >= 0.3 is 5.97 Å². The number of carboxylic acid groups (broad SMARTS) is 1. The van der Waals surface area contributed by atoms with E-state index in [1.165, 1.54) is 0 Å². The molecule has 7 nitrogen and oxygen atoms in total. The van der Waals surface area contributed by atoms with Crippen LogP contribution < -0.4 is 0 Å². The summed E-state index contributed by atoms with van der Waals surface area (Å²) >= 11 is 0. The third-order valence-corrected chi connectivity index (χ3v) is 6.86. The molecule has 2 aliphatic heterocycles. The van der Waals surface area contributed by atoms with E-state index in [2.05, 4.69) is 6.92 Å². The van der Waals surface area contributed by atoms with Crippen LogP contribution in [0.15, 0.2) is 23.8 Å². The predicted molar refractivity (Wildman–Crippen MR) is 122 cm³/mol. The maximum absolute atomic E-state index is 11.0. The Morgan fingerprint density at radius 3 is 2.56 bits per heavy atom. The van der Waals surface area contributed by atoms with Crippen LogP contribution in [0.3, 0.4) is 0 Å². The minimum Gasteiger partial charge on any atom is -0.481 e. The van der Waals surface area contributed by atoms with E-state index < -0.39 is 23.3 Å². The van der Waals surface area contributed by atoms with Gasteiger partial charge in [0, 0.05) is 19.4 Å². The molecular formula is C25H42O7. The number of hydrogen-bond acceptors (Lipinski definition) is 6. The number of aliphatic hydroxyl groups is 2. The van der Waals surface area contributed by atoms with E-state index in [0.29, 0.717) is 12.3 Å². The van der Waals surface area contributed by atoms with Crippen LogP contribution in [0, 0.1) is 11.8 Å². The number of rotatable bonds is 11. The third-order valence-electron chi connectivity index (χ3n) is 6.86. The molecule has 0 saturated carbocycles. The molecule has 2 aliphatic rings. The number of aliphatic hydroxyl groups excluding tert-OH is 1. The van der Waals surface area contributed by atoms with E-state index in [4.69, 9.17) is 19.3 Å². The topological polar surface area (TPSA) is 109 Å². The van der Waals surface area contributed by atoms with Crippen molar-refractivity contribution >= 4 is 5.97 Å². The van der Waals surface area contributed by atoms with Crippen molar-refractivity contribution in [3.8, 4) is 0 Å². The Morgan fingerprint density at radius 1 is 1.34 bits per heavy atom. The summed E-state index contributed by atoms with van der Waals surface area (Å²) in [6.07, 6.45) is 6.27. The molecule has 0 aromatic carbocycles. The van der Waals surface area contributed by atoms with Crippen molar-refractivity contribution in [2.24, 2.45) is 11.8 Å². The summed E-state index contributed by atoms with van der Waals surface area (Å²) in [6, 6.07) is 0. The van der Waals surface area contributed by atoms with Crippen LogP contribution in [0.2, 0.25) is 0 Å². The molecule has 2 saturated heterocycles. The van der Waals surface area contributed by atoms with E-state index in [-0.39, 0.29) is 36.8 Å². The fourth-order valence-electron chi connectivity index (χ4n) is 5.27. The minimum atomic E-state index is -1.07. The molecule has 184 valence electrons. The van der Waals surface area contributed by atoms with Crippen molar-refractivity contribution in [2.75, 3.05) is 7.11 Å².